The zero-order valence-corrected chi connectivity index (χ0v) is 8.09. The third kappa shape index (κ3) is 1.48. The molecule has 1 aromatic carbocycles. The van der Waals surface area contributed by atoms with Crippen molar-refractivity contribution >= 4 is 5.82 Å². The Morgan fingerprint density at radius 2 is 1.93 bits per heavy atom. The van der Waals surface area contributed by atoms with E-state index >= 15 is 0 Å². The van der Waals surface area contributed by atoms with Gasteiger partial charge in [-0.2, -0.15) is 5.10 Å². The van der Waals surface area contributed by atoms with E-state index in [0.717, 1.165) is 0 Å². The summed E-state index contributed by atoms with van der Waals surface area (Å²) in [7, 11) is 0. The molecule has 1 atom stereocenters. The van der Waals surface area contributed by atoms with Crippen LogP contribution < -0.4 is 5.73 Å². The van der Waals surface area contributed by atoms with Crippen molar-refractivity contribution in [3.63, 3.8) is 0 Å². The first-order valence-corrected chi connectivity index (χ1v) is 4.63. The molecule has 72 valence electrons. The summed E-state index contributed by atoms with van der Waals surface area (Å²) in [4.78, 5) is 0. The third-order valence-corrected chi connectivity index (χ3v) is 2.35. The molecule has 3 heteroatoms. The molecule has 2 aromatic rings. The lowest BCUT2D eigenvalue weighted by molar-refractivity contribution is 0.573. The predicted molar refractivity (Wildman–Crippen MR) is 56.9 cm³/mol. The molecular weight excluding hydrogens is 174 g/mol. The lowest BCUT2D eigenvalue weighted by Gasteiger charge is -2.13. The fourth-order valence-corrected chi connectivity index (χ4v) is 1.52. The Balaban J connectivity index is 2.34. The van der Waals surface area contributed by atoms with Gasteiger partial charge in [0.15, 0.2) is 0 Å². The van der Waals surface area contributed by atoms with Crippen LogP contribution in [0.15, 0.2) is 42.6 Å². The summed E-state index contributed by atoms with van der Waals surface area (Å²) >= 11 is 0. The number of nitrogens with zero attached hydrogens (tertiary/aromatic N) is 2. The van der Waals surface area contributed by atoms with Crippen molar-refractivity contribution in [2.45, 2.75) is 13.0 Å². The second-order valence-electron chi connectivity index (χ2n) is 3.29. The summed E-state index contributed by atoms with van der Waals surface area (Å²) < 4.78 is 1.81. The Morgan fingerprint density at radius 1 is 1.21 bits per heavy atom. The van der Waals surface area contributed by atoms with E-state index in [-0.39, 0.29) is 6.04 Å². The zero-order valence-electron chi connectivity index (χ0n) is 8.09. The number of rotatable bonds is 2. The largest absolute Gasteiger partial charge is 0.384 e. The monoisotopic (exact) mass is 187 g/mol. The number of nitrogens with two attached hydrogens (primary N) is 1. The Bertz CT molecular complexity index is 405. The van der Waals surface area contributed by atoms with Gasteiger partial charge >= 0.3 is 0 Å². The molecule has 14 heavy (non-hydrogen) atoms. The topological polar surface area (TPSA) is 43.8 Å². The lowest BCUT2D eigenvalue weighted by atomic mass is 10.1. The molecule has 2 rings (SSSR count). The summed E-state index contributed by atoms with van der Waals surface area (Å²) in [5.74, 6) is 0.696. The van der Waals surface area contributed by atoms with Gasteiger partial charge in [0.25, 0.3) is 0 Å². The van der Waals surface area contributed by atoms with Crippen molar-refractivity contribution in [3.05, 3.63) is 48.2 Å². The maximum atomic E-state index is 5.78. The van der Waals surface area contributed by atoms with E-state index in [1.807, 2.05) is 22.9 Å². The van der Waals surface area contributed by atoms with Gasteiger partial charge in [-0.05, 0) is 18.6 Å². The highest BCUT2D eigenvalue weighted by atomic mass is 15.3. The van der Waals surface area contributed by atoms with Crippen LogP contribution in [0.1, 0.15) is 18.5 Å². The molecule has 0 fully saturated rings. The number of benzene rings is 1. The number of nitrogen functional groups attached to an aromatic ring is 1. The van der Waals surface area contributed by atoms with Gasteiger partial charge in [-0.25, -0.2) is 4.68 Å². The van der Waals surface area contributed by atoms with Crippen LogP contribution in [0.25, 0.3) is 0 Å². The van der Waals surface area contributed by atoms with E-state index in [1.165, 1.54) is 5.56 Å². The average Bonchev–Trinajstić information content (AvgIpc) is 2.65. The van der Waals surface area contributed by atoms with E-state index < -0.39 is 0 Å². The molecule has 0 unspecified atom stereocenters. The molecule has 0 saturated carbocycles. The Morgan fingerprint density at radius 3 is 2.50 bits per heavy atom. The van der Waals surface area contributed by atoms with Crippen LogP contribution in [-0.4, -0.2) is 9.78 Å². The molecule has 0 saturated heterocycles. The fourth-order valence-electron chi connectivity index (χ4n) is 1.52. The molecule has 0 spiro atoms. The smallest absolute Gasteiger partial charge is 0.122 e. The predicted octanol–water partition coefficient (Wildman–Crippen LogP) is 2.07. The molecule has 0 aliphatic carbocycles. The SMILES string of the molecule is C[C@@H](c1ccccc1)n1nccc1N. The second-order valence-corrected chi connectivity index (χ2v) is 3.29. The Labute approximate surface area is 83.2 Å². The molecule has 0 amide bonds. The van der Waals surface area contributed by atoms with Crippen molar-refractivity contribution in [2.24, 2.45) is 0 Å². The van der Waals surface area contributed by atoms with E-state index in [4.69, 9.17) is 5.73 Å². The third-order valence-electron chi connectivity index (χ3n) is 2.35. The van der Waals surface area contributed by atoms with Crippen LogP contribution in [0.3, 0.4) is 0 Å². The van der Waals surface area contributed by atoms with Crippen LogP contribution in [0.4, 0.5) is 5.82 Å². The van der Waals surface area contributed by atoms with Gasteiger partial charge in [-0.3, -0.25) is 0 Å². The molecule has 0 bridgehead atoms. The second kappa shape index (κ2) is 3.54. The molecule has 0 radical (unpaired) electrons. The minimum absolute atomic E-state index is 0.186. The quantitative estimate of drug-likeness (QED) is 0.782. The van der Waals surface area contributed by atoms with Gasteiger partial charge in [-0.15, -0.1) is 0 Å². The van der Waals surface area contributed by atoms with E-state index in [2.05, 4.69) is 24.2 Å². The van der Waals surface area contributed by atoms with Gasteiger partial charge in [-0.1, -0.05) is 30.3 Å². The van der Waals surface area contributed by atoms with E-state index in [9.17, 15) is 0 Å². The molecule has 0 aliphatic rings. The average molecular weight is 187 g/mol. The number of hydrogen-bond donors (Lipinski definition) is 1. The molecule has 1 aromatic heterocycles. The minimum Gasteiger partial charge on any atom is -0.384 e. The maximum absolute atomic E-state index is 5.78. The van der Waals surface area contributed by atoms with E-state index in [1.54, 1.807) is 12.3 Å². The summed E-state index contributed by atoms with van der Waals surface area (Å²) in [5, 5.41) is 4.18. The Hall–Kier alpha value is -1.77. The molecule has 0 aliphatic heterocycles. The van der Waals surface area contributed by atoms with Crippen molar-refractivity contribution in [1.29, 1.82) is 0 Å². The first-order valence-electron chi connectivity index (χ1n) is 4.63. The van der Waals surface area contributed by atoms with Gasteiger partial charge in [0.1, 0.15) is 5.82 Å². The first kappa shape index (κ1) is 8.81. The first-order chi connectivity index (χ1) is 6.79. The zero-order chi connectivity index (χ0) is 9.97. The van der Waals surface area contributed by atoms with Gasteiger partial charge in [0.05, 0.1) is 12.2 Å². The van der Waals surface area contributed by atoms with Crippen molar-refractivity contribution in [2.75, 3.05) is 5.73 Å². The highest BCUT2D eigenvalue weighted by Crippen LogP contribution is 2.18. The number of aromatic nitrogens is 2. The standard InChI is InChI=1S/C11H13N3/c1-9(10-5-3-2-4-6-10)14-11(12)7-8-13-14/h2-9H,12H2,1H3/t9-/m0/s1. The van der Waals surface area contributed by atoms with Crippen LogP contribution in [0, 0.1) is 0 Å². The highest BCUT2D eigenvalue weighted by Gasteiger charge is 2.09. The van der Waals surface area contributed by atoms with Crippen molar-refractivity contribution < 1.29 is 0 Å². The van der Waals surface area contributed by atoms with Crippen LogP contribution in [0.5, 0.6) is 0 Å². The maximum Gasteiger partial charge on any atom is 0.122 e. The van der Waals surface area contributed by atoms with Crippen LogP contribution >= 0.6 is 0 Å². The van der Waals surface area contributed by atoms with Crippen LogP contribution in [0.2, 0.25) is 0 Å². The summed E-state index contributed by atoms with van der Waals surface area (Å²) in [5.41, 5.74) is 6.99. The van der Waals surface area contributed by atoms with Crippen molar-refractivity contribution in [3.8, 4) is 0 Å². The molecule has 3 nitrogen and oxygen atoms in total. The lowest BCUT2D eigenvalue weighted by Crippen LogP contribution is -2.10. The summed E-state index contributed by atoms with van der Waals surface area (Å²) in [6.07, 6.45) is 1.72. The van der Waals surface area contributed by atoms with E-state index in [0.29, 0.717) is 5.82 Å². The summed E-state index contributed by atoms with van der Waals surface area (Å²) in [6, 6.07) is 12.2. The number of hydrogen-bond acceptors (Lipinski definition) is 2. The molecule has 1 heterocycles. The fraction of sp³-hybridized carbons (Fsp3) is 0.182. The normalized spacial score (nSPS) is 12.6. The molecular formula is C11H13N3. The highest BCUT2D eigenvalue weighted by molar-refractivity contribution is 5.30. The number of anilines is 1. The Kier molecular flexibility index (Phi) is 2.23. The van der Waals surface area contributed by atoms with Crippen LogP contribution in [-0.2, 0) is 0 Å². The van der Waals surface area contributed by atoms with Crippen molar-refractivity contribution in [1.82, 2.24) is 9.78 Å². The minimum atomic E-state index is 0.186. The van der Waals surface area contributed by atoms with Gasteiger partial charge < -0.3 is 5.73 Å². The van der Waals surface area contributed by atoms with Gasteiger partial charge in [0, 0.05) is 0 Å². The van der Waals surface area contributed by atoms with Gasteiger partial charge in [0.2, 0.25) is 0 Å². The molecule has 2 N–H and O–H groups in total. The summed E-state index contributed by atoms with van der Waals surface area (Å²) in [6.45, 7) is 2.08.